The zero-order valence-corrected chi connectivity index (χ0v) is 13.6. The molecular weight excluding hydrogens is 262 g/mol. The minimum absolute atomic E-state index is 0.604. The molecule has 0 aromatic rings. The van der Waals surface area contributed by atoms with Crippen molar-refractivity contribution in [1.82, 2.24) is 0 Å². The summed E-state index contributed by atoms with van der Waals surface area (Å²) in [6.45, 7) is 8.98. The summed E-state index contributed by atoms with van der Waals surface area (Å²) in [7, 11) is -3.92. The first-order valence-corrected chi connectivity index (χ1v) is 9.42. The van der Waals surface area contributed by atoms with Gasteiger partial charge in [0, 0.05) is 12.2 Å². The quantitative estimate of drug-likeness (QED) is 0.595. The van der Waals surface area contributed by atoms with Gasteiger partial charge >= 0.3 is 0 Å². The number of rotatable bonds is 6. The molecule has 0 radical (unpaired) electrons. The molecule has 0 aliphatic carbocycles. The largest absolute Gasteiger partial charge is 0.748 e. The van der Waals surface area contributed by atoms with Crippen molar-refractivity contribution in [3.63, 3.8) is 0 Å². The first-order valence-electron chi connectivity index (χ1n) is 7.61. The first-order chi connectivity index (χ1) is 8.86. The second-order valence-electron chi connectivity index (χ2n) is 5.66. The van der Waals surface area contributed by atoms with Crippen molar-refractivity contribution in [3.05, 3.63) is 0 Å². The monoisotopic (exact) mass is 293 g/mol. The number of hydrogen-bond acceptors (Lipinski definition) is 3. The average Bonchev–Trinajstić information content (AvgIpc) is 2.28. The van der Waals surface area contributed by atoms with Crippen LogP contribution in [-0.2, 0) is 10.1 Å². The summed E-state index contributed by atoms with van der Waals surface area (Å²) in [5, 5.41) is 0. The van der Waals surface area contributed by atoms with Crippen molar-refractivity contribution in [1.29, 1.82) is 0 Å². The lowest BCUT2D eigenvalue weighted by Crippen LogP contribution is -3.13. The Morgan fingerprint density at radius 1 is 1.21 bits per heavy atom. The second-order valence-corrected chi connectivity index (χ2v) is 7.07. The molecule has 0 saturated carbocycles. The van der Waals surface area contributed by atoms with E-state index in [0.29, 0.717) is 6.26 Å². The van der Waals surface area contributed by atoms with E-state index in [-0.39, 0.29) is 0 Å². The molecule has 0 bridgehead atoms. The van der Waals surface area contributed by atoms with E-state index in [2.05, 4.69) is 13.8 Å². The number of likely N-dealkylation sites (tertiary alicyclic amines) is 1. The predicted molar refractivity (Wildman–Crippen MR) is 78.3 cm³/mol. The number of piperidine rings is 1. The number of nitrogens with one attached hydrogen (secondary N) is 1. The van der Waals surface area contributed by atoms with E-state index < -0.39 is 10.1 Å². The summed E-state index contributed by atoms with van der Waals surface area (Å²) >= 11 is 0. The van der Waals surface area contributed by atoms with Gasteiger partial charge in [0.2, 0.25) is 0 Å². The molecule has 1 fully saturated rings. The van der Waals surface area contributed by atoms with E-state index in [1.165, 1.54) is 64.6 Å². The highest BCUT2D eigenvalue weighted by atomic mass is 32.2. The van der Waals surface area contributed by atoms with Crippen molar-refractivity contribution < 1.29 is 17.9 Å². The lowest BCUT2D eigenvalue weighted by Gasteiger charge is -2.29. The number of quaternary nitrogens is 1. The maximum atomic E-state index is 9.08. The van der Waals surface area contributed by atoms with E-state index in [9.17, 15) is 0 Å². The van der Waals surface area contributed by atoms with Crippen molar-refractivity contribution in [2.24, 2.45) is 5.92 Å². The molecule has 1 aliphatic rings. The summed E-state index contributed by atoms with van der Waals surface area (Å²) in [6.07, 6.45) is 10.7. The number of unbranched alkanes of at least 4 members (excludes halogenated alkanes) is 2. The standard InChI is InChI=1S/C13H27N.CH4O3S/c1-3-5-6-10-14-11-7-9-13(12-14)8-4-2;1-5(2,3)4/h13H,3-12H2,1-2H3;1H3,(H,2,3,4). The molecule has 2 atom stereocenters. The highest BCUT2D eigenvalue weighted by Crippen LogP contribution is 2.13. The molecular formula is C14H31NO3S. The molecule has 0 amide bonds. The summed E-state index contributed by atoms with van der Waals surface area (Å²) in [5.74, 6) is 1.05. The highest BCUT2D eigenvalue weighted by Gasteiger charge is 2.21. The van der Waals surface area contributed by atoms with Crippen LogP contribution >= 0.6 is 0 Å². The fourth-order valence-electron chi connectivity index (χ4n) is 2.76. The molecule has 5 heteroatoms. The van der Waals surface area contributed by atoms with E-state index >= 15 is 0 Å². The van der Waals surface area contributed by atoms with Crippen molar-refractivity contribution in [2.45, 2.75) is 58.8 Å². The molecule has 1 rings (SSSR count). The van der Waals surface area contributed by atoms with Crippen LogP contribution in [0, 0.1) is 5.92 Å². The van der Waals surface area contributed by atoms with Crippen LogP contribution in [0.2, 0.25) is 0 Å². The van der Waals surface area contributed by atoms with Crippen LogP contribution in [0.5, 0.6) is 0 Å². The Morgan fingerprint density at radius 3 is 2.37 bits per heavy atom. The van der Waals surface area contributed by atoms with Gasteiger partial charge in [0.15, 0.2) is 0 Å². The van der Waals surface area contributed by atoms with Crippen molar-refractivity contribution in [3.8, 4) is 0 Å². The van der Waals surface area contributed by atoms with E-state index in [0.717, 1.165) is 5.92 Å². The minimum Gasteiger partial charge on any atom is -0.748 e. The van der Waals surface area contributed by atoms with Gasteiger partial charge in [-0.3, -0.25) is 0 Å². The third-order valence-corrected chi connectivity index (χ3v) is 3.55. The lowest BCUT2D eigenvalue weighted by molar-refractivity contribution is -0.909. The third-order valence-electron chi connectivity index (χ3n) is 3.55. The molecule has 1 aliphatic heterocycles. The second kappa shape index (κ2) is 10.6. The molecule has 0 aromatic heterocycles. The predicted octanol–water partition coefficient (Wildman–Crippen LogP) is 1.43. The zero-order chi connectivity index (χ0) is 14.7. The third kappa shape index (κ3) is 14.1. The molecule has 1 saturated heterocycles. The summed E-state index contributed by atoms with van der Waals surface area (Å²) in [4.78, 5) is 1.89. The van der Waals surface area contributed by atoms with Gasteiger partial charge in [-0.05, 0) is 32.1 Å². The lowest BCUT2D eigenvalue weighted by atomic mass is 9.93. The molecule has 4 nitrogen and oxygen atoms in total. The molecule has 0 spiro atoms. The molecule has 116 valence electrons. The Bertz CT molecular complexity index is 294. The first kappa shape index (κ1) is 18.9. The van der Waals surface area contributed by atoms with Gasteiger partial charge in [0.05, 0.1) is 29.8 Å². The van der Waals surface area contributed by atoms with Crippen LogP contribution in [-0.4, -0.2) is 38.9 Å². The fourth-order valence-corrected chi connectivity index (χ4v) is 2.76. The molecule has 2 unspecified atom stereocenters. The Kier molecular flexibility index (Phi) is 10.6. The van der Waals surface area contributed by atoms with Crippen molar-refractivity contribution in [2.75, 3.05) is 25.9 Å². The van der Waals surface area contributed by atoms with E-state index in [4.69, 9.17) is 13.0 Å². The average molecular weight is 293 g/mol. The van der Waals surface area contributed by atoms with Crippen LogP contribution in [0.25, 0.3) is 0 Å². The zero-order valence-electron chi connectivity index (χ0n) is 12.8. The van der Waals surface area contributed by atoms with Crippen LogP contribution < -0.4 is 4.90 Å². The van der Waals surface area contributed by atoms with Crippen LogP contribution in [0.4, 0.5) is 0 Å². The van der Waals surface area contributed by atoms with Gasteiger partial charge in [-0.15, -0.1) is 0 Å². The van der Waals surface area contributed by atoms with Gasteiger partial charge in [0.1, 0.15) is 0 Å². The van der Waals surface area contributed by atoms with Crippen molar-refractivity contribution >= 4 is 10.1 Å². The molecule has 0 aromatic carbocycles. The van der Waals surface area contributed by atoms with Gasteiger partial charge in [0.25, 0.3) is 0 Å². The Morgan fingerprint density at radius 2 is 1.84 bits per heavy atom. The minimum atomic E-state index is -3.92. The van der Waals surface area contributed by atoms with E-state index in [1.807, 2.05) is 4.90 Å². The fraction of sp³-hybridized carbons (Fsp3) is 1.00. The van der Waals surface area contributed by atoms with Crippen LogP contribution in [0.3, 0.4) is 0 Å². The normalized spacial score (nSPS) is 23.6. The molecule has 1 N–H and O–H groups in total. The van der Waals surface area contributed by atoms with Gasteiger partial charge in [-0.2, -0.15) is 0 Å². The summed E-state index contributed by atoms with van der Waals surface area (Å²) < 4.78 is 27.2. The Balaban J connectivity index is 0.000000555. The van der Waals surface area contributed by atoms with Gasteiger partial charge < -0.3 is 9.45 Å². The van der Waals surface area contributed by atoms with Crippen LogP contribution in [0.15, 0.2) is 0 Å². The SMILES string of the molecule is CCCCC[NH+]1CCCC(CCC)C1.CS(=O)(=O)[O-]. The summed E-state index contributed by atoms with van der Waals surface area (Å²) in [5.41, 5.74) is 0. The van der Waals surface area contributed by atoms with E-state index in [1.54, 1.807) is 0 Å². The molecule has 1 heterocycles. The molecule has 19 heavy (non-hydrogen) atoms. The van der Waals surface area contributed by atoms with Crippen LogP contribution in [0.1, 0.15) is 58.8 Å². The maximum Gasteiger partial charge on any atom is 0.0916 e. The van der Waals surface area contributed by atoms with Gasteiger partial charge in [-0.25, -0.2) is 8.42 Å². The Labute approximate surface area is 119 Å². The maximum absolute atomic E-state index is 9.08. The number of hydrogen-bond donors (Lipinski definition) is 1. The highest BCUT2D eigenvalue weighted by molar-refractivity contribution is 7.84. The summed E-state index contributed by atoms with van der Waals surface area (Å²) in [6, 6.07) is 0. The smallest absolute Gasteiger partial charge is 0.0916 e. The topological polar surface area (TPSA) is 61.6 Å². The van der Waals surface area contributed by atoms with Gasteiger partial charge in [-0.1, -0.05) is 26.7 Å². The Hall–Kier alpha value is -0.130.